The molecule has 0 spiro atoms. The summed E-state index contributed by atoms with van der Waals surface area (Å²) in [5.41, 5.74) is 3.27. The molecule has 0 aliphatic heterocycles. The highest BCUT2D eigenvalue weighted by atomic mass is 19.4. The Balaban J connectivity index is 3.35. The molecule has 0 aliphatic rings. The summed E-state index contributed by atoms with van der Waals surface area (Å²) in [4.78, 5) is 0. The maximum atomic E-state index is 13.3. The molecule has 0 aliphatic carbocycles. The number of aliphatic hydroxyl groups is 1. The number of nitrogens with two attached hydrogens (primary N) is 1. The number of benzene rings is 1. The second-order valence-corrected chi connectivity index (χ2v) is 3.50. The van der Waals surface area contributed by atoms with Crippen molar-refractivity contribution < 1.29 is 22.7 Å². The Labute approximate surface area is 89.7 Å². The molecule has 0 radical (unpaired) electrons. The molecule has 0 saturated heterocycles. The third-order valence-electron chi connectivity index (χ3n) is 2.15. The van der Waals surface area contributed by atoms with Crippen LogP contribution in [-0.4, -0.2) is 11.1 Å². The number of halogens is 4. The van der Waals surface area contributed by atoms with Crippen molar-refractivity contribution in [2.75, 3.05) is 0 Å². The Bertz CT molecular complexity index is 376. The summed E-state index contributed by atoms with van der Waals surface area (Å²) in [6.45, 7) is 1.30. The summed E-state index contributed by atoms with van der Waals surface area (Å²) in [7, 11) is 0. The second-order valence-electron chi connectivity index (χ2n) is 3.50. The van der Waals surface area contributed by atoms with Gasteiger partial charge in [-0.05, 0) is 19.1 Å². The minimum Gasteiger partial charge on any atom is -0.387 e. The first kappa shape index (κ1) is 12.9. The van der Waals surface area contributed by atoms with Crippen LogP contribution in [0.2, 0.25) is 0 Å². The van der Waals surface area contributed by atoms with Gasteiger partial charge in [-0.3, -0.25) is 0 Å². The topological polar surface area (TPSA) is 46.2 Å². The summed E-state index contributed by atoms with van der Waals surface area (Å²) in [5.74, 6) is -1.11. The predicted molar refractivity (Wildman–Crippen MR) is 50.0 cm³/mol. The number of hydrogen-bond acceptors (Lipinski definition) is 2. The summed E-state index contributed by atoms with van der Waals surface area (Å²) in [6, 6.07) is 1.52. The van der Waals surface area contributed by atoms with Crippen molar-refractivity contribution in [2.24, 2.45) is 5.73 Å². The van der Waals surface area contributed by atoms with Gasteiger partial charge in [0, 0.05) is 11.6 Å². The van der Waals surface area contributed by atoms with Gasteiger partial charge in [0.25, 0.3) is 0 Å². The van der Waals surface area contributed by atoms with Gasteiger partial charge in [-0.1, -0.05) is 6.07 Å². The minimum absolute atomic E-state index is 0.712. The normalized spacial score (nSPS) is 15.9. The lowest BCUT2D eigenvalue weighted by molar-refractivity contribution is -0.139. The fourth-order valence-electron chi connectivity index (χ4n) is 1.35. The first-order valence-corrected chi connectivity index (χ1v) is 4.54. The zero-order valence-corrected chi connectivity index (χ0v) is 8.42. The van der Waals surface area contributed by atoms with Gasteiger partial charge in [0.05, 0.1) is 11.7 Å². The van der Waals surface area contributed by atoms with Gasteiger partial charge in [0.15, 0.2) is 0 Å². The summed E-state index contributed by atoms with van der Waals surface area (Å²) < 4.78 is 50.9. The first-order valence-electron chi connectivity index (χ1n) is 4.54. The van der Waals surface area contributed by atoms with E-state index in [9.17, 15) is 22.7 Å². The van der Waals surface area contributed by atoms with Gasteiger partial charge < -0.3 is 10.8 Å². The maximum Gasteiger partial charge on any atom is 0.416 e. The maximum absolute atomic E-state index is 13.3. The predicted octanol–water partition coefficient (Wildman–Crippen LogP) is 2.23. The van der Waals surface area contributed by atoms with E-state index in [0.717, 1.165) is 12.1 Å². The van der Waals surface area contributed by atoms with E-state index >= 15 is 0 Å². The standard InChI is InChI=1S/C10H11F4NO/c1-5(15)9(16)8-6(10(12,13)14)3-2-4-7(8)11/h2-5,9,16H,15H2,1H3/t5-,9-/m0/s1. The molecule has 90 valence electrons. The molecule has 3 N–H and O–H groups in total. The van der Waals surface area contributed by atoms with Gasteiger partial charge in [0.1, 0.15) is 5.82 Å². The molecule has 0 fully saturated rings. The van der Waals surface area contributed by atoms with Crippen molar-refractivity contribution >= 4 is 0 Å². The zero-order chi connectivity index (χ0) is 12.5. The molecule has 0 saturated carbocycles. The number of alkyl halides is 3. The third kappa shape index (κ3) is 2.51. The molecule has 16 heavy (non-hydrogen) atoms. The highest BCUT2D eigenvalue weighted by Crippen LogP contribution is 2.36. The summed E-state index contributed by atoms with van der Waals surface area (Å²) in [5, 5.41) is 9.46. The van der Waals surface area contributed by atoms with Crippen LogP contribution in [0.1, 0.15) is 24.2 Å². The molecule has 0 amide bonds. The van der Waals surface area contributed by atoms with Crippen molar-refractivity contribution in [3.8, 4) is 0 Å². The Morgan fingerprint density at radius 1 is 1.31 bits per heavy atom. The molecule has 6 heteroatoms. The van der Waals surface area contributed by atoms with Gasteiger partial charge in [-0.15, -0.1) is 0 Å². The SMILES string of the molecule is C[C@H](N)[C@H](O)c1c(F)cccc1C(F)(F)F. The van der Waals surface area contributed by atoms with Crippen LogP contribution >= 0.6 is 0 Å². The lowest BCUT2D eigenvalue weighted by atomic mass is 9.97. The molecule has 2 nitrogen and oxygen atoms in total. The molecular formula is C10H11F4NO. The van der Waals surface area contributed by atoms with E-state index in [1.54, 1.807) is 0 Å². The van der Waals surface area contributed by atoms with Crippen LogP contribution < -0.4 is 5.73 Å². The van der Waals surface area contributed by atoms with E-state index in [2.05, 4.69) is 0 Å². The zero-order valence-electron chi connectivity index (χ0n) is 8.42. The van der Waals surface area contributed by atoms with Crippen LogP contribution in [0.15, 0.2) is 18.2 Å². The van der Waals surface area contributed by atoms with Crippen LogP contribution in [0.25, 0.3) is 0 Å². The minimum atomic E-state index is -4.71. The lowest BCUT2D eigenvalue weighted by Gasteiger charge is -2.20. The molecule has 1 aromatic rings. The van der Waals surface area contributed by atoms with Gasteiger partial charge >= 0.3 is 6.18 Å². The fourth-order valence-corrected chi connectivity index (χ4v) is 1.35. The number of rotatable bonds is 2. The van der Waals surface area contributed by atoms with E-state index in [1.807, 2.05) is 0 Å². The molecule has 1 rings (SSSR count). The van der Waals surface area contributed by atoms with Gasteiger partial charge in [-0.2, -0.15) is 13.2 Å². The summed E-state index contributed by atoms with van der Waals surface area (Å²) >= 11 is 0. The smallest absolute Gasteiger partial charge is 0.387 e. The summed E-state index contributed by atoms with van der Waals surface area (Å²) in [6.07, 6.45) is -6.40. The molecule has 0 aromatic heterocycles. The largest absolute Gasteiger partial charge is 0.416 e. The first-order chi connectivity index (χ1) is 7.25. The van der Waals surface area contributed by atoms with Crippen molar-refractivity contribution in [1.29, 1.82) is 0 Å². The van der Waals surface area contributed by atoms with Crippen LogP contribution in [0, 0.1) is 5.82 Å². The second kappa shape index (κ2) is 4.39. The van der Waals surface area contributed by atoms with Gasteiger partial charge in [0.2, 0.25) is 0 Å². The lowest BCUT2D eigenvalue weighted by Crippen LogP contribution is -2.27. The number of hydrogen-bond donors (Lipinski definition) is 2. The fraction of sp³-hybridized carbons (Fsp3) is 0.400. The van der Waals surface area contributed by atoms with E-state index in [4.69, 9.17) is 5.73 Å². The Morgan fingerprint density at radius 2 is 1.88 bits per heavy atom. The number of aliphatic hydroxyl groups excluding tert-OH is 1. The average Bonchev–Trinajstić information content (AvgIpc) is 2.14. The van der Waals surface area contributed by atoms with E-state index in [-0.39, 0.29) is 0 Å². The van der Waals surface area contributed by atoms with Crippen LogP contribution in [0.4, 0.5) is 17.6 Å². The Hall–Kier alpha value is -1.14. The Kier molecular flexibility index (Phi) is 3.54. The third-order valence-corrected chi connectivity index (χ3v) is 2.15. The molecule has 0 unspecified atom stereocenters. The Morgan fingerprint density at radius 3 is 2.31 bits per heavy atom. The molecule has 0 bridgehead atoms. The monoisotopic (exact) mass is 237 g/mol. The van der Waals surface area contributed by atoms with E-state index in [0.29, 0.717) is 6.07 Å². The van der Waals surface area contributed by atoms with Crippen molar-refractivity contribution in [1.82, 2.24) is 0 Å². The van der Waals surface area contributed by atoms with Crippen molar-refractivity contribution in [3.63, 3.8) is 0 Å². The molecule has 0 heterocycles. The highest BCUT2D eigenvalue weighted by Gasteiger charge is 2.37. The van der Waals surface area contributed by atoms with Gasteiger partial charge in [-0.25, -0.2) is 4.39 Å². The highest BCUT2D eigenvalue weighted by molar-refractivity contribution is 5.33. The average molecular weight is 237 g/mol. The van der Waals surface area contributed by atoms with E-state index < -0.39 is 35.3 Å². The van der Waals surface area contributed by atoms with Crippen LogP contribution in [0.5, 0.6) is 0 Å². The van der Waals surface area contributed by atoms with Crippen LogP contribution in [0.3, 0.4) is 0 Å². The molecule has 2 atom stereocenters. The van der Waals surface area contributed by atoms with Crippen LogP contribution in [-0.2, 0) is 6.18 Å². The quantitative estimate of drug-likeness (QED) is 0.775. The molecule has 1 aromatic carbocycles. The molecular weight excluding hydrogens is 226 g/mol. The van der Waals surface area contributed by atoms with E-state index in [1.165, 1.54) is 6.92 Å². The van der Waals surface area contributed by atoms with Crippen molar-refractivity contribution in [2.45, 2.75) is 25.2 Å². The van der Waals surface area contributed by atoms with Crippen molar-refractivity contribution in [3.05, 3.63) is 35.1 Å².